The van der Waals surface area contributed by atoms with Crippen LogP contribution in [0.2, 0.25) is 5.02 Å². The second-order valence-electron chi connectivity index (χ2n) is 10.5. The zero-order chi connectivity index (χ0) is 32.9. The Labute approximate surface area is 280 Å². The van der Waals surface area contributed by atoms with Gasteiger partial charge < -0.3 is 18.9 Å². The van der Waals surface area contributed by atoms with Crippen LogP contribution in [0.25, 0.3) is 11.8 Å². The Hall–Kier alpha value is -5.12. The van der Waals surface area contributed by atoms with E-state index in [1.807, 2.05) is 91.0 Å². The van der Waals surface area contributed by atoms with Crippen LogP contribution in [-0.2, 0) is 16.1 Å². The number of thiazole rings is 1. The molecular weight excluding hydrogens is 636 g/mol. The zero-order valence-electron chi connectivity index (χ0n) is 25.9. The lowest BCUT2D eigenvalue weighted by Gasteiger charge is -2.26. The fourth-order valence-electron chi connectivity index (χ4n) is 5.38. The van der Waals surface area contributed by atoms with Gasteiger partial charge in [0.25, 0.3) is 5.56 Å². The molecule has 0 spiro atoms. The van der Waals surface area contributed by atoms with Crippen LogP contribution < -0.4 is 29.1 Å². The van der Waals surface area contributed by atoms with Crippen molar-refractivity contribution in [1.29, 1.82) is 0 Å². The third kappa shape index (κ3) is 6.72. The van der Waals surface area contributed by atoms with E-state index in [4.69, 9.17) is 35.5 Å². The minimum Gasteiger partial charge on any atom is -0.493 e. The van der Waals surface area contributed by atoms with Gasteiger partial charge in [-0.15, -0.1) is 0 Å². The standard InChI is InChI=1S/C37H31ClN2O6S/c1-4-45-36(42)32-33(25-10-6-5-7-11-25)39-37-40(34(32)26-15-18-29(43-2)30(21-26)44-3)35(41)31(47-37)20-23-13-16-28(17-14-23)46-22-24-9-8-12-27(38)19-24/h5-21,34H,4,22H2,1-3H3/b31-20-/t34-/m0/s1. The first-order valence-electron chi connectivity index (χ1n) is 14.9. The van der Waals surface area contributed by atoms with Crippen molar-refractivity contribution < 1.29 is 23.7 Å². The molecule has 10 heteroatoms. The molecule has 5 aromatic rings. The van der Waals surface area contributed by atoms with Gasteiger partial charge in [0.1, 0.15) is 12.4 Å². The Balaban J connectivity index is 1.46. The lowest BCUT2D eigenvalue weighted by atomic mass is 9.93. The van der Waals surface area contributed by atoms with Gasteiger partial charge in [-0.05, 0) is 66.1 Å². The highest BCUT2D eigenvalue weighted by Gasteiger charge is 2.35. The summed E-state index contributed by atoms with van der Waals surface area (Å²) < 4.78 is 24.6. The molecular formula is C37H31ClN2O6S. The summed E-state index contributed by atoms with van der Waals surface area (Å²) in [7, 11) is 3.09. The minimum absolute atomic E-state index is 0.159. The van der Waals surface area contributed by atoms with Crippen molar-refractivity contribution in [2.45, 2.75) is 19.6 Å². The summed E-state index contributed by atoms with van der Waals surface area (Å²) in [5.74, 6) is 1.11. The van der Waals surface area contributed by atoms with Gasteiger partial charge in [-0.1, -0.05) is 83.6 Å². The number of ether oxygens (including phenoxy) is 4. The maximum Gasteiger partial charge on any atom is 0.338 e. The van der Waals surface area contributed by atoms with Crippen molar-refractivity contribution in [3.05, 3.63) is 150 Å². The maximum atomic E-state index is 14.2. The van der Waals surface area contributed by atoms with E-state index < -0.39 is 12.0 Å². The third-order valence-corrected chi connectivity index (χ3v) is 8.79. The minimum atomic E-state index is -0.843. The number of esters is 1. The van der Waals surface area contributed by atoms with E-state index in [0.717, 1.165) is 16.7 Å². The molecule has 0 N–H and O–H groups in total. The summed E-state index contributed by atoms with van der Waals surface area (Å²) >= 11 is 7.35. The number of aromatic nitrogens is 1. The topological polar surface area (TPSA) is 88.4 Å². The van der Waals surface area contributed by atoms with Gasteiger partial charge in [-0.3, -0.25) is 9.36 Å². The van der Waals surface area contributed by atoms with Gasteiger partial charge >= 0.3 is 5.97 Å². The van der Waals surface area contributed by atoms with Gasteiger partial charge in [0.15, 0.2) is 16.3 Å². The Morgan fingerprint density at radius 1 is 0.936 bits per heavy atom. The lowest BCUT2D eigenvalue weighted by molar-refractivity contribution is -0.138. The van der Waals surface area contributed by atoms with E-state index in [0.29, 0.717) is 49.5 Å². The highest BCUT2D eigenvalue weighted by Crippen LogP contribution is 2.38. The molecule has 0 amide bonds. The van der Waals surface area contributed by atoms with Crippen molar-refractivity contribution in [3.8, 4) is 17.2 Å². The molecule has 1 atom stereocenters. The summed E-state index contributed by atoms with van der Waals surface area (Å²) in [6, 6.07) is 28.9. The number of halogens is 1. The molecule has 6 rings (SSSR count). The Morgan fingerprint density at radius 3 is 2.40 bits per heavy atom. The third-order valence-electron chi connectivity index (χ3n) is 7.57. The van der Waals surface area contributed by atoms with Crippen LogP contribution in [0.3, 0.4) is 0 Å². The van der Waals surface area contributed by atoms with Crippen LogP contribution in [0.5, 0.6) is 17.2 Å². The first-order valence-corrected chi connectivity index (χ1v) is 16.1. The Kier molecular flexibility index (Phi) is 9.56. The Morgan fingerprint density at radius 2 is 1.70 bits per heavy atom. The normalized spacial score (nSPS) is 14.3. The van der Waals surface area contributed by atoms with Gasteiger partial charge in [0.2, 0.25) is 0 Å². The van der Waals surface area contributed by atoms with Crippen LogP contribution in [0.4, 0.5) is 0 Å². The number of methoxy groups -OCH3 is 2. The molecule has 0 fully saturated rings. The zero-order valence-corrected chi connectivity index (χ0v) is 27.5. The monoisotopic (exact) mass is 666 g/mol. The molecule has 4 aromatic carbocycles. The average Bonchev–Trinajstić information content (AvgIpc) is 3.41. The molecule has 2 heterocycles. The van der Waals surface area contributed by atoms with E-state index in [1.165, 1.54) is 18.4 Å². The van der Waals surface area contributed by atoms with Crippen molar-refractivity contribution in [2.24, 2.45) is 4.99 Å². The molecule has 0 saturated carbocycles. The van der Waals surface area contributed by atoms with Crippen LogP contribution in [0.1, 0.15) is 35.2 Å². The van der Waals surface area contributed by atoms with Crippen LogP contribution >= 0.6 is 22.9 Å². The summed E-state index contributed by atoms with van der Waals surface area (Å²) in [5, 5.41) is 0.654. The quantitative estimate of drug-likeness (QED) is 0.165. The number of hydrogen-bond acceptors (Lipinski definition) is 8. The lowest BCUT2D eigenvalue weighted by Crippen LogP contribution is -2.40. The van der Waals surface area contributed by atoms with Crippen molar-refractivity contribution >= 4 is 40.7 Å². The molecule has 0 bridgehead atoms. The number of fused-ring (bicyclic) bond motifs is 1. The number of rotatable bonds is 10. The number of carbonyl (C=O) groups excluding carboxylic acids is 1. The summed E-state index contributed by atoms with van der Waals surface area (Å²) in [5.41, 5.74) is 3.55. The van der Waals surface area contributed by atoms with Gasteiger partial charge in [-0.2, -0.15) is 0 Å². The summed E-state index contributed by atoms with van der Waals surface area (Å²) in [6.45, 7) is 2.28. The molecule has 238 valence electrons. The molecule has 0 radical (unpaired) electrons. The number of hydrogen-bond donors (Lipinski definition) is 0. The van der Waals surface area contributed by atoms with E-state index >= 15 is 0 Å². The molecule has 47 heavy (non-hydrogen) atoms. The van der Waals surface area contributed by atoms with E-state index in [1.54, 1.807) is 30.7 Å². The summed E-state index contributed by atoms with van der Waals surface area (Å²) in [4.78, 5) is 33.3. The number of carbonyl (C=O) groups is 1. The fourth-order valence-corrected chi connectivity index (χ4v) is 6.60. The highest BCUT2D eigenvalue weighted by atomic mass is 35.5. The van der Waals surface area contributed by atoms with E-state index in [2.05, 4.69) is 0 Å². The molecule has 0 aliphatic carbocycles. The predicted octanol–water partition coefficient (Wildman–Crippen LogP) is 6.19. The van der Waals surface area contributed by atoms with Crippen molar-refractivity contribution in [1.82, 2.24) is 4.57 Å². The molecule has 1 aliphatic rings. The first kappa shape index (κ1) is 31.8. The molecule has 1 aromatic heterocycles. The highest BCUT2D eigenvalue weighted by molar-refractivity contribution is 7.07. The number of benzene rings is 4. The number of nitrogens with zero attached hydrogens (tertiary/aromatic N) is 2. The molecule has 8 nitrogen and oxygen atoms in total. The second-order valence-corrected chi connectivity index (χ2v) is 12.0. The van der Waals surface area contributed by atoms with Gasteiger partial charge in [-0.25, -0.2) is 9.79 Å². The molecule has 0 saturated heterocycles. The van der Waals surface area contributed by atoms with Crippen molar-refractivity contribution in [2.75, 3.05) is 20.8 Å². The van der Waals surface area contributed by atoms with Crippen LogP contribution in [0.15, 0.2) is 112 Å². The SMILES string of the molecule is CCOC(=O)C1=C(c2ccccc2)N=c2s/c(=C\c3ccc(OCc4cccc(Cl)c4)cc3)c(=O)n2[C@H]1c1ccc(OC)c(OC)c1. The average molecular weight is 667 g/mol. The van der Waals surface area contributed by atoms with Crippen molar-refractivity contribution in [3.63, 3.8) is 0 Å². The van der Waals surface area contributed by atoms with E-state index in [-0.39, 0.29) is 17.7 Å². The predicted molar refractivity (Wildman–Crippen MR) is 183 cm³/mol. The largest absolute Gasteiger partial charge is 0.493 e. The molecule has 1 aliphatic heterocycles. The summed E-state index contributed by atoms with van der Waals surface area (Å²) in [6.07, 6.45) is 1.81. The van der Waals surface area contributed by atoms with Crippen LogP contribution in [0, 0.1) is 0 Å². The maximum absolute atomic E-state index is 14.2. The van der Waals surface area contributed by atoms with E-state index in [9.17, 15) is 9.59 Å². The van der Waals surface area contributed by atoms with Crippen LogP contribution in [-0.4, -0.2) is 31.4 Å². The Bertz CT molecular complexity index is 2140. The smallest absolute Gasteiger partial charge is 0.338 e. The molecule has 0 unspecified atom stereocenters. The first-order chi connectivity index (χ1) is 22.9. The van der Waals surface area contributed by atoms with Gasteiger partial charge in [0.05, 0.1) is 42.7 Å². The fraction of sp³-hybridized carbons (Fsp3) is 0.162. The van der Waals surface area contributed by atoms with Gasteiger partial charge in [0, 0.05) is 10.6 Å². The second kappa shape index (κ2) is 14.1.